The first-order valence-corrected chi connectivity index (χ1v) is 11.8. The minimum atomic E-state index is -0.506. The molecule has 3 aromatic rings. The van der Waals surface area contributed by atoms with E-state index in [0.29, 0.717) is 29.8 Å². The highest BCUT2D eigenvalue weighted by Crippen LogP contribution is 2.26. The molecule has 34 heavy (non-hydrogen) atoms. The minimum absolute atomic E-state index is 0.0403. The number of carbonyl (C=O) groups is 2. The molecular formula is C23H22ClFN4O4S. The van der Waals surface area contributed by atoms with E-state index in [1.807, 2.05) is 0 Å². The number of aromatic nitrogens is 2. The Morgan fingerprint density at radius 2 is 1.94 bits per heavy atom. The van der Waals surface area contributed by atoms with Gasteiger partial charge >= 0.3 is 0 Å². The summed E-state index contributed by atoms with van der Waals surface area (Å²) in [5.74, 6) is -1.05. The lowest BCUT2D eigenvalue weighted by atomic mass is 10.0. The number of nitrogens with one attached hydrogen (secondary N) is 1. The molecule has 0 fully saturated rings. The highest BCUT2D eigenvalue weighted by atomic mass is 35.5. The number of rotatable bonds is 12. The molecule has 1 N–H and O–H groups in total. The van der Waals surface area contributed by atoms with Gasteiger partial charge in [-0.15, -0.1) is 11.3 Å². The quantitative estimate of drug-likeness (QED) is 0.209. The summed E-state index contributed by atoms with van der Waals surface area (Å²) in [7, 11) is 0. The smallest absolute Gasteiger partial charge is 0.273 e. The minimum Gasteiger partial charge on any atom is -0.345 e. The molecule has 0 aliphatic heterocycles. The first-order valence-electron chi connectivity index (χ1n) is 10.6. The van der Waals surface area contributed by atoms with Gasteiger partial charge in [0.05, 0.1) is 22.2 Å². The Labute approximate surface area is 204 Å². The van der Waals surface area contributed by atoms with Crippen LogP contribution < -0.4 is 5.32 Å². The fourth-order valence-electron chi connectivity index (χ4n) is 3.30. The van der Waals surface area contributed by atoms with Gasteiger partial charge in [0.2, 0.25) is 0 Å². The number of para-hydroxylation sites is 1. The molecule has 0 atom stereocenters. The first-order chi connectivity index (χ1) is 16.3. The number of Topliss-reactive ketones (excluding diaryl/α,β-unsaturated/α-hetero) is 1. The number of thiazole rings is 1. The second kappa shape index (κ2) is 12.3. The van der Waals surface area contributed by atoms with E-state index in [-0.39, 0.29) is 40.2 Å². The Morgan fingerprint density at radius 1 is 1.15 bits per heavy atom. The molecule has 0 saturated heterocycles. The van der Waals surface area contributed by atoms with Crippen molar-refractivity contribution in [1.82, 2.24) is 15.3 Å². The SMILES string of the molecule is O=C(CCCCCc1nc(C(=O)NCc2ncccc2F)c(Cl)s1)Cc1ccccc1[N+](=O)[O-]. The zero-order chi connectivity index (χ0) is 24.5. The molecule has 2 aromatic heterocycles. The summed E-state index contributed by atoms with van der Waals surface area (Å²) in [5, 5.41) is 14.3. The summed E-state index contributed by atoms with van der Waals surface area (Å²) in [6, 6.07) is 8.99. The number of unbranched alkanes of at least 4 members (excludes halogenated alkanes) is 2. The van der Waals surface area contributed by atoms with Crippen LogP contribution >= 0.6 is 22.9 Å². The third-order valence-corrected chi connectivity index (χ3v) is 6.33. The lowest BCUT2D eigenvalue weighted by Crippen LogP contribution is -2.24. The average molecular weight is 505 g/mol. The van der Waals surface area contributed by atoms with Crippen molar-refractivity contribution in [2.24, 2.45) is 0 Å². The van der Waals surface area contributed by atoms with Crippen LogP contribution in [-0.2, 0) is 24.2 Å². The normalized spacial score (nSPS) is 10.8. The number of hydrogen-bond donors (Lipinski definition) is 1. The van der Waals surface area contributed by atoms with Gasteiger partial charge in [-0.2, -0.15) is 0 Å². The van der Waals surface area contributed by atoms with Gasteiger partial charge in [0.25, 0.3) is 11.6 Å². The van der Waals surface area contributed by atoms with E-state index >= 15 is 0 Å². The lowest BCUT2D eigenvalue weighted by molar-refractivity contribution is -0.385. The molecule has 0 radical (unpaired) electrons. The van der Waals surface area contributed by atoms with Gasteiger partial charge in [-0.3, -0.25) is 24.7 Å². The fourth-order valence-corrected chi connectivity index (χ4v) is 4.52. The van der Waals surface area contributed by atoms with E-state index < -0.39 is 16.6 Å². The maximum Gasteiger partial charge on any atom is 0.273 e. The summed E-state index contributed by atoms with van der Waals surface area (Å²) in [6.07, 6.45) is 4.59. The number of aryl methyl sites for hydroxylation is 1. The van der Waals surface area contributed by atoms with Crippen molar-refractivity contribution in [2.45, 2.75) is 45.1 Å². The molecule has 0 aliphatic carbocycles. The Kier molecular flexibility index (Phi) is 9.17. The third-order valence-electron chi connectivity index (χ3n) is 5.02. The van der Waals surface area contributed by atoms with E-state index in [9.17, 15) is 24.1 Å². The number of nitro benzene ring substituents is 1. The Bertz CT molecular complexity index is 1190. The average Bonchev–Trinajstić information content (AvgIpc) is 3.18. The van der Waals surface area contributed by atoms with Crippen molar-refractivity contribution in [1.29, 1.82) is 0 Å². The molecule has 0 spiro atoms. The van der Waals surface area contributed by atoms with Crippen LogP contribution in [0.15, 0.2) is 42.6 Å². The Hall–Kier alpha value is -3.24. The van der Waals surface area contributed by atoms with Crippen molar-refractivity contribution in [3.05, 3.63) is 84.8 Å². The van der Waals surface area contributed by atoms with E-state index in [4.69, 9.17) is 11.6 Å². The first kappa shape index (κ1) is 25.4. The van der Waals surface area contributed by atoms with Gasteiger partial charge in [0, 0.05) is 30.7 Å². The number of benzene rings is 1. The molecular weight excluding hydrogens is 483 g/mol. The second-order valence-corrected chi connectivity index (χ2v) is 9.19. The molecule has 1 amide bonds. The van der Waals surface area contributed by atoms with Gasteiger partial charge in [-0.1, -0.05) is 36.2 Å². The number of halogens is 2. The molecule has 178 valence electrons. The van der Waals surface area contributed by atoms with Gasteiger partial charge in [-0.25, -0.2) is 9.37 Å². The molecule has 3 rings (SSSR count). The fraction of sp³-hybridized carbons (Fsp3) is 0.304. The molecule has 0 unspecified atom stereocenters. The summed E-state index contributed by atoms with van der Waals surface area (Å²) < 4.78 is 13.9. The number of nitro groups is 1. The van der Waals surface area contributed by atoms with Crippen LogP contribution in [0.1, 0.15) is 52.4 Å². The van der Waals surface area contributed by atoms with Crippen LogP contribution in [0.5, 0.6) is 0 Å². The molecule has 0 saturated carbocycles. The predicted octanol–water partition coefficient (Wildman–Crippen LogP) is 5.08. The van der Waals surface area contributed by atoms with Gasteiger partial charge in [-0.05, 0) is 31.4 Å². The van der Waals surface area contributed by atoms with Crippen molar-refractivity contribution in [3.63, 3.8) is 0 Å². The third kappa shape index (κ3) is 7.13. The van der Waals surface area contributed by atoms with Gasteiger partial charge < -0.3 is 5.32 Å². The van der Waals surface area contributed by atoms with Crippen LogP contribution in [0, 0.1) is 15.9 Å². The van der Waals surface area contributed by atoms with E-state index in [2.05, 4.69) is 15.3 Å². The molecule has 1 aromatic carbocycles. The number of nitrogens with zero attached hydrogens (tertiary/aromatic N) is 3. The number of carbonyl (C=O) groups excluding carboxylic acids is 2. The monoisotopic (exact) mass is 504 g/mol. The standard InChI is InChI=1S/C23H22ClFN4O4S/c24-22-21(23(31)27-14-18-17(25)9-6-12-26-18)28-20(34-22)11-3-1-2-8-16(30)13-15-7-4-5-10-19(15)29(32)33/h4-7,9-10,12H,1-3,8,11,13-14H2,(H,27,31). The van der Waals surface area contributed by atoms with Gasteiger partial charge in [0.15, 0.2) is 5.69 Å². The highest BCUT2D eigenvalue weighted by molar-refractivity contribution is 7.16. The molecule has 11 heteroatoms. The molecule has 8 nitrogen and oxygen atoms in total. The summed E-state index contributed by atoms with van der Waals surface area (Å²) in [6.45, 7) is -0.0745. The molecule has 0 bridgehead atoms. The van der Waals surface area contributed by atoms with Crippen LogP contribution in [0.25, 0.3) is 0 Å². The second-order valence-electron chi connectivity index (χ2n) is 7.51. The molecule has 0 aliphatic rings. The van der Waals surface area contributed by atoms with Crippen molar-refractivity contribution in [3.8, 4) is 0 Å². The maximum absolute atomic E-state index is 13.6. The van der Waals surface area contributed by atoms with E-state index in [1.54, 1.807) is 18.2 Å². The highest BCUT2D eigenvalue weighted by Gasteiger charge is 2.18. The van der Waals surface area contributed by atoms with Crippen molar-refractivity contribution >= 4 is 40.3 Å². The summed E-state index contributed by atoms with van der Waals surface area (Å²) in [4.78, 5) is 43.3. The summed E-state index contributed by atoms with van der Waals surface area (Å²) >= 11 is 7.37. The van der Waals surface area contributed by atoms with Crippen molar-refractivity contribution in [2.75, 3.05) is 0 Å². The van der Waals surface area contributed by atoms with E-state index in [1.165, 1.54) is 35.7 Å². The van der Waals surface area contributed by atoms with Crippen LogP contribution in [0.2, 0.25) is 4.34 Å². The topological polar surface area (TPSA) is 115 Å². The zero-order valence-corrected chi connectivity index (χ0v) is 19.7. The van der Waals surface area contributed by atoms with Crippen LogP contribution in [-0.4, -0.2) is 26.6 Å². The lowest BCUT2D eigenvalue weighted by Gasteiger charge is -2.04. The van der Waals surface area contributed by atoms with Crippen LogP contribution in [0.3, 0.4) is 0 Å². The maximum atomic E-state index is 13.6. The Morgan fingerprint density at radius 3 is 2.71 bits per heavy atom. The number of pyridine rings is 1. The van der Waals surface area contributed by atoms with Crippen LogP contribution in [0.4, 0.5) is 10.1 Å². The van der Waals surface area contributed by atoms with Gasteiger partial charge in [0.1, 0.15) is 15.9 Å². The number of amides is 1. The van der Waals surface area contributed by atoms with Crippen molar-refractivity contribution < 1.29 is 18.9 Å². The Balaban J connectivity index is 1.40. The summed E-state index contributed by atoms with van der Waals surface area (Å²) in [5.41, 5.74) is 0.601. The number of hydrogen-bond acceptors (Lipinski definition) is 7. The predicted molar refractivity (Wildman–Crippen MR) is 126 cm³/mol. The van der Waals surface area contributed by atoms with E-state index in [0.717, 1.165) is 12.8 Å². The number of ketones is 1. The molecule has 2 heterocycles. The largest absolute Gasteiger partial charge is 0.345 e. The zero-order valence-electron chi connectivity index (χ0n) is 18.1.